The van der Waals surface area contributed by atoms with Crippen molar-refractivity contribution in [1.82, 2.24) is 0 Å². The average molecular weight is 525 g/mol. The van der Waals surface area contributed by atoms with E-state index in [1.165, 1.54) is 0 Å². The minimum atomic E-state index is -0.735. The standard InChI is InChI=1S/C23H26O3.C9H18O3/c1-4-23(2,3)22(25)26-15-18(24)14-21-19-11-7-5-9-16(19)13-17-10-6-8-12-20(17)21;1-5-9(3,4)8(11)12-6-7(2)10/h5-13,18,24H,4,14-15H2,1-3H3;7,10H,5-6H2,1-4H3. The topological polar surface area (TPSA) is 93.1 Å². The van der Waals surface area contributed by atoms with Crippen LogP contribution in [-0.4, -0.2) is 47.6 Å². The van der Waals surface area contributed by atoms with Crippen molar-refractivity contribution in [3.05, 3.63) is 60.2 Å². The average Bonchev–Trinajstić information content (AvgIpc) is 2.90. The number of hydrogen-bond donors (Lipinski definition) is 2. The molecule has 0 saturated heterocycles. The van der Waals surface area contributed by atoms with E-state index >= 15 is 0 Å². The molecule has 0 aliphatic heterocycles. The molecule has 0 saturated carbocycles. The Balaban J connectivity index is 0.000000358. The lowest BCUT2D eigenvalue weighted by atomic mass is 9.90. The van der Waals surface area contributed by atoms with Gasteiger partial charge in [0.25, 0.3) is 0 Å². The van der Waals surface area contributed by atoms with E-state index in [-0.39, 0.29) is 25.2 Å². The largest absolute Gasteiger partial charge is 0.463 e. The van der Waals surface area contributed by atoms with Crippen LogP contribution in [0, 0.1) is 10.8 Å². The van der Waals surface area contributed by atoms with Gasteiger partial charge in [-0.05, 0) is 80.6 Å². The van der Waals surface area contributed by atoms with Crippen LogP contribution in [0.2, 0.25) is 0 Å². The predicted molar refractivity (Wildman–Crippen MR) is 153 cm³/mol. The molecule has 0 fully saturated rings. The molecule has 3 aromatic rings. The first-order valence-corrected chi connectivity index (χ1v) is 13.4. The summed E-state index contributed by atoms with van der Waals surface area (Å²) in [6.07, 6.45) is 0.575. The van der Waals surface area contributed by atoms with Gasteiger partial charge in [0, 0.05) is 6.42 Å². The highest BCUT2D eigenvalue weighted by atomic mass is 16.5. The van der Waals surface area contributed by atoms with Gasteiger partial charge in [-0.25, -0.2) is 0 Å². The molecule has 0 amide bonds. The summed E-state index contributed by atoms with van der Waals surface area (Å²) < 4.78 is 10.2. The van der Waals surface area contributed by atoms with Crippen LogP contribution in [0.15, 0.2) is 54.6 Å². The van der Waals surface area contributed by atoms with Crippen LogP contribution < -0.4 is 0 Å². The van der Waals surface area contributed by atoms with Gasteiger partial charge in [-0.15, -0.1) is 0 Å². The molecule has 0 heterocycles. The number of benzene rings is 3. The molecule has 0 aromatic heterocycles. The summed E-state index contributed by atoms with van der Waals surface area (Å²) in [5.74, 6) is -0.507. The Kier molecular flexibility index (Phi) is 11.3. The molecule has 0 aliphatic carbocycles. The third-order valence-electron chi connectivity index (χ3n) is 7.06. The monoisotopic (exact) mass is 524 g/mol. The van der Waals surface area contributed by atoms with Crippen molar-refractivity contribution in [2.45, 2.75) is 79.9 Å². The van der Waals surface area contributed by atoms with Crippen molar-refractivity contribution in [2.24, 2.45) is 10.8 Å². The molecule has 3 aromatic carbocycles. The summed E-state index contributed by atoms with van der Waals surface area (Å²) in [5.41, 5.74) is 0.137. The Morgan fingerprint density at radius 3 is 1.61 bits per heavy atom. The van der Waals surface area contributed by atoms with E-state index in [0.29, 0.717) is 12.8 Å². The smallest absolute Gasteiger partial charge is 0.311 e. The van der Waals surface area contributed by atoms with Gasteiger partial charge < -0.3 is 19.7 Å². The third-order valence-corrected chi connectivity index (χ3v) is 7.06. The van der Waals surface area contributed by atoms with Crippen molar-refractivity contribution < 1.29 is 29.3 Å². The minimum Gasteiger partial charge on any atom is -0.463 e. The highest BCUT2D eigenvalue weighted by Gasteiger charge is 2.28. The lowest BCUT2D eigenvalue weighted by Crippen LogP contribution is -2.29. The molecule has 208 valence electrons. The summed E-state index contributed by atoms with van der Waals surface area (Å²) >= 11 is 0. The number of fused-ring (bicyclic) bond motifs is 2. The number of aliphatic hydroxyl groups excluding tert-OH is 2. The SMILES string of the molecule is CCC(C)(C)C(=O)OCC(C)O.CCC(C)(C)C(=O)OCC(O)Cc1c2ccccc2cc2ccccc12. The zero-order valence-electron chi connectivity index (χ0n) is 23.9. The van der Waals surface area contributed by atoms with Gasteiger partial charge in [0.2, 0.25) is 0 Å². The van der Waals surface area contributed by atoms with Gasteiger partial charge in [-0.3, -0.25) is 9.59 Å². The molecule has 0 aliphatic rings. The zero-order valence-corrected chi connectivity index (χ0v) is 23.9. The minimum absolute atomic E-state index is 0.0137. The van der Waals surface area contributed by atoms with E-state index in [9.17, 15) is 14.7 Å². The molecule has 0 radical (unpaired) electrons. The second kappa shape index (κ2) is 13.7. The highest BCUT2D eigenvalue weighted by Crippen LogP contribution is 2.30. The lowest BCUT2D eigenvalue weighted by molar-refractivity contribution is -0.157. The van der Waals surface area contributed by atoms with E-state index in [0.717, 1.165) is 33.5 Å². The fraction of sp³-hybridized carbons (Fsp3) is 0.500. The van der Waals surface area contributed by atoms with E-state index in [1.54, 1.807) is 6.92 Å². The number of hydrogen-bond acceptors (Lipinski definition) is 6. The van der Waals surface area contributed by atoms with Crippen LogP contribution in [0.1, 0.15) is 66.9 Å². The predicted octanol–water partition coefficient (Wildman–Crippen LogP) is 6.22. The number of esters is 2. The number of rotatable bonds is 10. The van der Waals surface area contributed by atoms with Crippen molar-refractivity contribution in [2.75, 3.05) is 13.2 Å². The lowest BCUT2D eigenvalue weighted by Gasteiger charge is -2.22. The maximum Gasteiger partial charge on any atom is 0.311 e. The van der Waals surface area contributed by atoms with E-state index in [1.807, 2.05) is 65.8 Å². The number of aliphatic hydroxyl groups is 2. The van der Waals surface area contributed by atoms with Crippen LogP contribution in [-0.2, 0) is 25.5 Å². The highest BCUT2D eigenvalue weighted by molar-refractivity contribution is 6.02. The van der Waals surface area contributed by atoms with E-state index < -0.39 is 23.0 Å². The van der Waals surface area contributed by atoms with Crippen molar-refractivity contribution >= 4 is 33.5 Å². The maximum atomic E-state index is 12.1. The van der Waals surface area contributed by atoms with Gasteiger partial charge in [-0.1, -0.05) is 62.4 Å². The van der Waals surface area contributed by atoms with Gasteiger partial charge in [0.15, 0.2) is 0 Å². The fourth-order valence-corrected chi connectivity index (χ4v) is 3.67. The second-order valence-electron chi connectivity index (χ2n) is 11.2. The summed E-state index contributed by atoms with van der Waals surface area (Å²) in [6, 6.07) is 18.6. The third kappa shape index (κ3) is 8.53. The number of carbonyl (C=O) groups is 2. The van der Waals surface area contributed by atoms with Crippen molar-refractivity contribution in [3.8, 4) is 0 Å². The normalized spacial score (nSPS) is 13.4. The fourth-order valence-electron chi connectivity index (χ4n) is 3.67. The Bertz CT molecular complexity index is 1160. The zero-order chi connectivity index (χ0) is 28.5. The molecule has 2 atom stereocenters. The molecule has 0 bridgehead atoms. The number of ether oxygens (including phenoxy) is 2. The summed E-state index contributed by atoms with van der Waals surface area (Å²) in [7, 11) is 0. The molecule has 2 N–H and O–H groups in total. The summed E-state index contributed by atoms with van der Waals surface area (Å²) in [5, 5.41) is 24.0. The molecule has 6 nitrogen and oxygen atoms in total. The molecular formula is C32H44O6. The van der Waals surface area contributed by atoms with Crippen LogP contribution in [0.5, 0.6) is 0 Å². The van der Waals surface area contributed by atoms with Crippen LogP contribution >= 0.6 is 0 Å². The number of carbonyl (C=O) groups excluding carboxylic acids is 2. The summed E-state index contributed by atoms with van der Waals surface area (Å²) in [6.45, 7) is 13.0. The Labute approximate surface area is 227 Å². The Morgan fingerprint density at radius 1 is 0.763 bits per heavy atom. The first-order valence-electron chi connectivity index (χ1n) is 13.4. The summed E-state index contributed by atoms with van der Waals surface area (Å²) in [4.78, 5) is 23.4. The Morgan fingerprint density at radius 2 is 1.18 bits per heavy atom. The van der Waals surface area contributed by atoms with Gasteiger partial charge in [0.1, 0.15) is 13.2 Å². The van der Waals surface area contributed by atoms with Crippen molar-refractivity contribution in [3.63, 3.8) is 0 Å². The quantitative estimate of drug-likeness (QED) is 0.242. The first kappa shape index (κ1) is 31.3. The van der Waals surface area contributed by atoms with Gasteiger partial charge in [0.05, 0.1) is 23.0 Å². The molecule has 3 rings (SSSR count). The van der Waals surface area contributed by atoms with Gasteiger partial charge in [-0.2, -0.15) is 0 Å². The van der Waals surface area contributed by atoms with E-state index in [2.05, 4.69) is 30.3 Å². The van der Waals surface area contributed by atoms with Crippen LogP contribution in [0.4, 0.5) is 0 Å². The van der Waals surface area contributed by atoms with Crippen LogP contribution in [0.25, 0.3) is 21.5 Å². The second-order valence-corrected chi connectivity index (χ2v) is 11.2. The van der Waals surface area contributed by atoms with E-state index in [4.69, 9.17) is 14.6 Å². The van der Waals surface area contributed by atoms with Crippen LogP contribution in [0.3, 0.4) is 0 Å². The molecule has 0 spiro atoms. The van der Waals surface area contributed by atoms with Gasteiger partial charge >= 0.3 is 11.9 Å². The maximum absolute atomic E-state index is 12.1. The van der Waals surface area contributed by atoms with Crippen molar-refractivity contribution in [1.29, 1.82) is 0 Å². The molecule has 6 heteroatoms. The molecular weight excluding hydrogens is 480 g/mol. The first-order chi connectivity index (χ1) is 17.8. The molecule has 2 unspecified atom stereocenters. The Hall–Kier alpha value is -2.96. The molecule has 38 heavy (non-hydrogen) atoms.